The highest BCUT2D eigenvalue weighted by atomic mass is 19.4. The monoisotopic (exact) mass is 295 g/mol. The van der Waals surface area contributed by atoms with Crippen LogP contribution in [0.5, 0.6) is 5.75 Å². The maximum atomic E-state index is 12.1. The van der Waals surface area contributed by atoms with Crippen LogP contribution >= 0.6 is 0 Å². The van der Waals surface area contributed by atoms with Crippen LogP contribution in [0.1, 0.15) is 15.9 Å². The van der Waals surface area contributed by atoms with E-state index in [1.165, 1.54) is 24.3 Å². The Labute approximate surface area is 119 Å². The number of alkyl halides is 3. The van der Waals surface area contributed by atoms with E-state index in [0.717, 1.165) is 5.56 Å². The molecular formula is C15H12F3NO2. The van der Waals surface area contributed by atoms with E-state index in [0.29, 0.717) is 16.7 Å². The van der Waals surface area contributed by atoms with Crippen molar-refractivity contribution in [2.75, 3.05) is 0 Å². The Morgan fingerprint density at radius 3 is 2.24 bits per heavy atom. The molecule has 2 N–H and O–H groups in total. The third-order valence-corrected chi connectivity index (χ3v) is 2.91. The second kappa shape index (κ2) is 5.47. The number of primary amides is 1. The number of aryl methyl sites for hydroxylation is 1. The molecule has 0 aliphatic heterocycles. The normalized spacial score (nSPS) is 11.2. The van der Waals surface area contributed by atoms with Gasteiger partial charge in [-0.1, -0.05) is 24.3 Å². The molecule has 0 saturated carbocycles. The molecule has 110 valence electrons. The molecule has 0 aliphatic rings. The fourth-order valence-corrected chi connectivity index (χ4v) is 2.08. The van der Waals surface area contributed by atoms with Gasteiger partial charge in [-0.05, 0) is 41.8 Å². The van der Waals surface area contributed by atoms with Crippen molar-refractivity contribution < 1.29 is 22.7 Å². The number of nitrogens with two attached hydrogens (primary N) is 1. The Balaban J connectivity index is 2.42. The van der Waals surface area contributed by atoms with Gasteiger partial charge in [0, 0.05) is 5.56 Å². The minimum Gasteiger partial charge on any atom is -0.406 e. The number of amides is 1. The lowest BCUT2D eigenvalue weighted by Gasteiger charge is -2.12. The molecule has 0 unspecified atom stereocenters. The van der Waals surface area contributed by atoms with E-state index in [9.17, 15) is 18.0 Å². The van der Waals surface area contributed by atoms with Crippen molar-refractivity contribution in [3.05, 3.63) is 53.6 Å². The first-order valence-corrected chi connectivity index (χ1v) is 6.03. The highest BCUT2D eigenvalue weighted by Gasteiger charge is 2.31. The minimum atomic E-state index is -4.73. The topological polar surface area (TPSA) is 52.3 Å². The lowest BCUT2D eigenvalue weighted by atomic mass is 9.95. The molecule has 0 bridgehead atoms. The summed E-state index contributed by atoms with van der Waals surface area (Å²) in [7, 11) is 0. The van der Waals surface area contributed by atoms with E-state index in [2.05, 4.69) is 4.74 Å². The molecule has 0 spiro atoms. The van der Waals surface area contributed by atoms with Gasteiger partial charge in [-0.2, -0.15) is 0 Å². The fourth-order valence-electron chi connectivity index (χ4n) is 2.08. The number of carbonyl (C=O) groups excluding carboxylic acids is 1. The zero-order chi connectivity index (χ0) is 15.6. The summed E-state index contributed by atoms with van der Waals surface area (Å²) in [6.45, 7) is 1.79. The molecule has 0 atom stereocenters. The van der Waals surface area contributed by atoms with Crippen LogP contribution in [-0.2, 0) is 0 Å². The van der Waals surface area contributed by atoms with Gasteiger partial charge in [-0.15, -0.1) is 13.2 Å². The molecule has 2 aromatic carbocycles. The summed E-state index contributed by atoms with van der Waals surface area (Å²) in [5.74, 6) is -0.912. The van der Waals surface area contributed by atoms with Gasteiger partial charge in [0.05, 0.1) is 0 Å². The maximum absolute atomic E-state index is 12.1. The van der Waals surface area contributed by atoms with Crippen molar-refractivity contribution in [3.8, 4) is 16.9 Å². The standard InChI is InChI=1S/C15H12F3NO2/c1-9-3-2-4-12(14(19)20)13(9)10-5-7-11(8-6-10)21-15(16,17)18/h2-8H,1H3,(H2,19,20). The largest absolute Gasteiger partial charge is 0.573 e. The van der Waals surface area contributed by atoms with Gasteiger partial charge >= 0.3 is 6.36 Å². The number of benzene rings is 2. The third-order valence-electron chi connectivity index (χ3n) is 2.91. The van der Waals surface area contributed by atoms with Gasteiger partial charge in [0.1, 0.15) is 5.75 Å². The van der Waals surface area contributed by atoms with Gasteiger partial charge in [0.2, 0.25) is 5.91 Å². The average molecular weight is 295 g/mol. The number of carbonyl (C=O) groups is 1. The number of hydrogen-bond acceptors (Lipinski definition) is 2. The van der Waals surface area contributed by atoms with E-state index >= 15 is 0 Å². The van der Waals surface area contributed by atoms with Gasteiger partial charge < -0.3 is 10.5 Å². The third kappa shape index (κ3) is 3.53. The first kappa shape index (κ1) is 14.9. The zero-order valence-corrected chi connectivity index (χ0v) is 11.1. The van der Waals surface area contributed by atoms with Crippen LogP contribution < -0.4 is 10.5 Å². The Kier molecular flexibility index (Phi) is 3.88. The summed E-state index contributed by atoms with van der Waals surface area (Å²) in [6.07, 6.45) is -4.73. The predicted octanol–water partition coefficient (Wildman–Crippen LogP) is 3.66. The summed E-state index contributed by atoms with van der Waals surface area (Å²) in [4.78, 5) is 11.5. The lowest BCUT2D eigenvalue weighted by Crippen LogP contribution is -2.17. The van der Waals surface area contributed by atoms with Crippen molar-refractivity contribution in [2.45, 2.75) is 13.3 Å². The molecule has 0 radical (unpaired) electrons. The second-order valence-corrected chi connectivity index (χ2v) is 4.43. The Bertz CT molecular complexity index is 664. The van der Waals surface area contributed by atoms with Crippen LogP contribution in [-0.4, -0.2) is 12.3 Å². The predicted molar refractivity (Wildman–Crippen MR) is 71.8 cm³/mol. The highest BCUT2D eigenvalue weighted by molar-refractivity contribution is 6.00. The molecule has 21 heavy (non-hydrogen) atoms. The quantitative estimate of drug-likeness (QED) is 0.939. The summed E-state index contributed by atoms with van der Waals surface area (Å²) in [6, 6.07) is 10.4. The zero-order valence-electron chi connectivity index (χ0n) is 11.1. The molecule has 6 heteroatoms. The average Bonchev–Trinajstić information content (AvgIpc) is 2.37. The number of ether oxygens (including phenoxy) is 1. The van der Waals surface area contributed by atoms with Crippen molar-refractivity contribution >= 4 is 5.91 Å². The van der Waals surface area contributed by atoms with Gasteiger partial charge in [0.15, 0.2) is 0 Å². The van der Waals surface area contributed by atoms with Gasteiger partial charge in [0.25, 0.3) is 0 Å². The maximum Gasteiger partial charge on any atom is 0.573 e. The van der Waals surface area contributed by atoms with Crippen molar-refractivity contribution in [1.29, 1.82) is 0 Å². The molecule has 1 amide bonds. The summed E-state index contributed by atoms with van der Waals surface area (Å²) in [5, 5.41) is 0. The first-order chi connectivity index (χ1) is 9.78. The van der Waals surface area contributed by atoms with E-state index in [4.69, 9.17) is 5.73 Å². The van der Waals surface area contributed by atoms with Crippen LogP contribution in [0.4, 0.5) is 13.2 Å². The summed E-state index contributed by atoms with van der Waals surface area (Å²) in [5.41, 5.74) is 7.64. The van der Waals surface area contributed by atoms with Crippen LogP contribution in [0.25, 0.3) is 11.1 Å². The van der Waals surface area contributed by atoms with Crippen LogP contribution in [0.15, 0.2) is 42.5 Å². The number of halogens is 3. The Morgan fingerprint density at radius 1 is 1.10 bits per heavy atom. The molecule has 0 aromatic heterocycles. The van der Waals surface area contributed by atoms with E-state index < -0.39 is 12.3 Å². The molecule has 0 fully saturated rings. The van der Waals surface area contributed by atoms with E-state index in [1.54, 1.807) is 25.1 Å². The van der Waals surface area contributed by atoms with E-state index in [1.807, 2.05) is 0 Å². The molecule has 3 nitrogen and oxygen atoms in total. The Morgan fingerprint density at radius 2 is 1.71 bits per heavy atom. The van der Waals surface area contributed by atoms with Crippen molar-refractivity contribution in [2.24, 2.45) is 5.73 Å². The summed E-state index contributed by atoms with van der Waals surface area (Å²) < 4.78 is 40.2. The van der Waals surface area contributed by atoms with Crippen LogP contribution in [0.3, 0.4) is 0 Å². The molecular weight excluding hydrogens is 283 g/mol. The minimum absolute atomic E-state index is 0.319. The van der Waals surface area contributed by atoms with Crippen LogP contribution in [0.2, 0.25) is 0 Å². The van der Waals surface area contributed by atoms with Gasteiger partial charge in [-0.3, -0.25) is 4.79 Å². The van der Waals surface area contributed by atoms with Crippen molar-refractivity contribution in [3.63, 3.8) is 0 Å². The summed E-state index contributed by atoms with van der Waals surface area (Å²) >= 11 is 0. The van der Waals surface area contributed by atoms with E-state index in [-0.39, 0.29) is 5.75 Å². The van der Waals surface area contributed by atoms with Gasteiger partial charge in [-0.25, -0.2) is 0 Å². The molecule has 2 aromatic rings. The first-order valence-electron chi connectivity index (χ1n) is 6.03. The SMILES string of the molecule is Cc1cccc(C(N)=O)c1-c1ccc(OC(F)(F)F)cc1. The van der Waals surface area contributed by atoms with Crippen molar-refractivity contribution in [1.82, 2.24) is 0 Å². The smallest absolute Gasteiger partial charge is 0.406 e. The van der Waals surface area contributed by atoms with Crippen LogP contribution in [0, 0.1) is 6.92 Å². The lowest BCUT2D eigenvalue weighted by molar-refractivity contribution is -0.274. The fraction of sp³-hybridized carbons (Fsp3) is 0.133. The molecule has 0 aliphatic carbocycles. The molecule has 0 heterocycles. The molecule has 0 saturated heterocycles. The Hall–Kier alpha value is -2.50. The number of hydrogen-bond donors (Lipinski definition) is 1. The number of rotatable bonds is 3. The highest BCUT2D eigenvalue weighted by Crippen LogP contribution is 2.30. The second-order valence-electron chi connectivity index (χ2n) is 4.43. The molecule has 2 rings (SSSR count).